The number of piperidine rings is 1. The lowest BCUT2D eigenvalue weighted by Crippen LogP contribution is -2.49. The summed E-state index contributed by atoms with van der Waals surface area (Å²) in [5, 5.41) is 3.89. The van der Waals surface area contributed by atoms with Gasteiger partial charge in [0.1, 0.15) is 17.4 Å². The topological polar surface area (TPSA) is 29.4 Å². The van der Waals surface area contributed by atoms with Gasteiger partial charge < -0.3 is 19.5 Å². The Morgan fingerprint density at radius 3 is 2.18 bits per heavy atom. The zero-order chi connectivity index (χ0) is 26.1. The Balaban J connectivity index is 1.12. The molecule has 1 fully saturated rings. The molecule has 0 aliphatic carbocycles. The van der Waals surface area contributed by atoms with Gasteiger partial charge in [0.05, 0.1) is 24.0 Å². The first-order chi connectivity index (χ1) is 18.5. The van der Waals surface area contributed by atoms with Crippen LogP contribution in [-0.4, -0.2) is 36.2 Å². The molecule has 38 heavy (non-hydrogen) atoms. The highest BCUT2D eigenvalue weighted by molar-refractivity contribution is 5.69. The van der Waals surface area contributed by atoms with E-state index < -0.39 is 0 Å². The average molecular weight is 514 g/mol. The second-order valence-corrected chi connectivity index (χ2v) is 10.5. The molecule has 0 amide bonds. The lowest BCUT2D eigenvalue weighted by atomic mass is 9.82. The first-order valence-electron chi connectivity index (χ1n) is 13.4. The van der Waals surface area contributed by atoms with Crippen LogP contribution in [0.4, 0.5) is 14.5 Å². The van der Waals surface area contributed by atoms with Crippen LogP contribution in [-0.2, 0) is 5.54 Å². The van der Waals surface area contributed by atoms with E-state index in [4.69, 9.17) is 4.74 Å². The Labute approximate surface area is 222 Å². The molecule has 0 unspecified atom stereocenters. The van der Waals surface area contributed by atoms with Crippen LogP contribution in [0.5, 0.6) is 5.75 Å². The number of fused-ring (bicyclic) bond motifs is 4. The van der Waals surface area contributed by atoms with Gasteiger partial charge in [-0.3, -0.25) is 0 Å². The first kappa shape index (κ1) is 24.7. The lowest BCUT2D eigenvalue weighted by molar-refractivity contribution is 0.165. The molecule has 0 radical (unpaired) electrons. The molecule has 0 atom stereocenters. The molecule has 1 saturated heterocycles. The van der Waals surface area contributed by atoms with Crippen molar-refractivity contribution in [2.24, 2.45) is 0 Å². The summed E-state index contributed by atoms with van der Waals surface area (Å²) in [5.41, 5.74) is 5.63. The molecule has 6 rings (SSSR count). The van der Waals surface area contributed by atoms with E-state index >= 15 is 0 Å². The van der Waals surface area contributed by atoms with Gasteiger partial charge in [-0.2, -0.15) is 0 Å². The number of rotatable bonds is 7. The number of hydrogen-bond acceptors (Lipinski definition) is 3. The summed E-state index contributed by atoms with van der Waals surface area (Å²) in [6.07, 6.45) is 6.13. The Morgan fingerprint density at radius 1 is 0.895 bits per heavy atom. The third-order valence-electron chi connectivity index (χ3n) is 8.30. The molecule has 1 aromatic heterocycles. The van der Waals surface area contributed by atoms with E-state index in [0.29, 0.717) is 0 Å². The lowest BCUT2D eigenvalue weighted by Gasteiger charge is -2.46. The molecule has 4 nitrogen and oxygen atoms in total. The third-order valence-corrected chi connectivity index (χ3v) is 8.30. The maximum atomic E-state index is 13.6. The van der Waals surface area contributed by atoms with Crippen LogP contribution in [0.1, 0.15) is 48.4 Å². The van der Waals surface area contributed by atoms with Gasteiger partial charge in [-0.05, 0) is 91.9 Å². The summed E-state index contributed by atoms with van der Waals surface area (Å²) in [7, 11) is 1.70. The fourth-order valence-electron chi connectivity index (χ4n) is 6.23. The molecule has 6 heteroatoms. The molecule has 1 spiro atoms. The van der Waals surface area contributed by atoms with Crippen molar-refractivity contribution in [3.8, 4) is 11.4 Å². The molecule has 3 heterocycles. The summed E-state index contributed by atoms with van der Waals surface area (Å²) >= 11 is 0. The second kappa shape index (κ2) is 10.3. The summed E-state index contributed by atoms with van der Waals surface area (Å²) in [4.78, 5) is 2.55. The smallest absolute Gasteiger partial charge is 0.123 e. The van der Waals surface area contributed by atoms with Crippen LogP contribution in [0.15, 0.2) is 85.1 Å². The van der Waals surface area contributed by atoms with Crippen LogP contribution < -0.4 is 10.1 Å². The highest BCUT2D eigenvalue weighted by atomic mass is 19.1. The molecule has 0 saturated carbocycles. The zero-order valence-electron chi connectivity index (χ0n) is 21.7. The Hall–Kier alpha value is -3.64. The Morgan fingerprint density at radius 2 is 1.55 bits per heavy atom. The molecule has 3 aromatic carbocycles. The highest BCUT2D eigenvalue weighted by Crippen LogP contribution is 2.44. The Bertz CT molecular complexity index is 1340. The van der Waals surface area contributed by atoms with Crippen LogP contribution in [0, 0.1) is 11.6 Å². The number of nitrogens with one attached hydrogen (secondary N) is 1. The third kappa shape index (κ3) is 4.69. The summed E-state index contributed by atoms with van der Waals surface area (Å²) in [6, 6.07) is 24.0. The summed E-state index contributed by atoms with van der Waals surface area (Å²) < 4.78 is 35.0. The predicted molar refractivity (Wildman–Crippen MR) is 147 cm³/mol. The normalized spacial score (nSPS) is 16.2. The number of nitrogens with zero attached hydrogens (tertiary/aromatic N) is 2. The highest BCUT2D eigenvalue weighted by Gasteiger charge is 2.41. The minimum absolute atomic E-state index is 0.0931. The van der Waals surface area contributed by atoms with Gasteiger partial charge in [-0.25, -0.2) is 8.78 Å². The number of aromatic nitrogens is 1. The number of likely N-dealkylation sites (tertiary alicyclic amines) is 1. The molecule has 2 aliphatic heterocycles. The van der Waals surface area contributed by atoms with E-state index in [9.17, 15) is 8.78 Å². The fraction of sp³-hybridized carbons (Fsp3) is 0.312. The number of methoxy groups -OCH3 is 1. The van der Waals surface area contributed by atoms with Gasteiger partial charge in [0.15, 0.2) is 0 Å². The molecule has 2 aliphatic rings. The first-order valence-corrected chi connectivity index (χ1v) is 13.4. The van der Waals surface area contributed by atoms with Gasteiger partial charge in [0.2, 0.25) is 0 Å². The van der Waals surface area contributed by atoms with E-state index in [2.05, 4.69) is 45.2 Å². The van der Waals surface area contributed by atoms with Crippen LogP contribution >= 0.6 is 0 Å². The van der Waals surface area contributed by atoms with Crippen LogP contribution in [0.3, 0.4) is 0 Å². The monoisotopic (exact) mass is 513 g/mol. The summed E-state index contributed by atoms with van der Waals surface area (Å²) in [5.74, 6) is 0.494. The fourth-order valence-corrected chi connectivity index (χ4v) is 6.23. The minimum Gasteiger partial charge on any atom is -0.497 e. The van der Waals surface area contributed by atoms with Crippen molar-refractivity contribution in [3.63, 3.8) is 0 Å². The largest absolute Gasteiger partial charge is 0.497 e. The van der Waals surface area contributed by atoms with E-state index in [1.165, 1.54) is 30.0 Å². The molecule has 0 bridgehead atoms. The predicted octanol–water partition coefficient (Wildman–Crippen LogP) is 7.09. The quantitative estimate of drug-likeness (QED) is 0.286. The standard InChI is InChI=1S/C32H33F2N3O/c1-38-27-14-15-30-29(22-27)35-32(31-5-3-19-37(30)31)16-20-36(21-17-32)18-2-4-28(23-6-10-25(33)11-7-23)24-8-12-26(34)13-9-24/h3,5-15,19,22,28,35H,2,4,16-18,20-21H2,1H3. The van der Waals surface area contributed by atoms with Gasteiger partial charge in [-0.15, -0.1) is 0 Å². The van der Waals surface area contributed by atoms with Crippen molar-refractivity contribution in [1.82, 2.24) is 9.47 Å². The molecule has 4 aromatic rings. The molecular formula is C32H33F2N3O. The average Bonchev–Trinajstić information content (AvgIpc) is 3.45. The number of halogens is 2. The van der Waals surface area contributed by atoms with E-state index in [1.54, 1.807) is 7.11 Å². The maximum absolute atomic E-state index is 13.6. The van der Waals surface area contributed by atoms with Crippen molar-refractivity contribution in [2.75, 3.05) is 32.1 Å². The number of anilines is 1. The molecule has 1 N–H and O–H groups in total. The zero-order valence-corrected chi connectivity index (χ0v) is 21.7. The van der Waals surface area contributed by atoms with Crippen molar-refractivity contribution in [1.29, 1.82) is 0 Å². The number of ether oxygens (including phenoxy) is 1. The SMILES string of the molecule is COc1ccc2c(c1)NC1(CCN(CCCC(c3ccc(F)cc3)c3ccc(F)cc3)CC1)c1cccn1-2. The molecule has 196 valence electrons. The van der Waals surface area contributed by atoms with E-state index in [1.807, 2.05) is 30.3 Å². The molecular weight excluding hydrogens is 480 g/mol. The van der Waals surface area contributed by atoms with Crippen molar-refractivity contribution in [3.05, 3.63) is 114 Å². The number of benzene rings is 3. The maximum Gasteiger partial charge on any atom is 0.123 e. The van der Waals surface area contributed by atoms with Crippen LogP contribution in [0.25, 0.3) is 5.69 Å². The van der Waals surface area contributed by atoms with E-state index in [-0.39, 0.29) is 23.1 Å². The van der Waals surface area contributed by atoms with Gasteiger partial charge >= 0.3 is 0 Å². The number of hydrogen-bond donors (Lipinski definition) is 1. The van der Waals surface area contributed by atoms with Crippen molar-refractivity contribution in [2.45, 2.75) is 37.1 Å². The van der Waals surface area contributed by atoms with Crippen LogP contribution in [0.2, 0.25) is 0 Å². The van der Waals surface area contributed by atoms with Crippen molar-refractivity contribution >= 4 is 5.69 Å². The minimum atomic E-state index is -0.239. The summed E-state index contributed by atoms with van der Waals surface area (Å²) in [6.45, 7) is 3.02. The van der Waals surface area contributed by atoms with Gasteiger partial charge in [-0.1, -0.05) is 24.3 Å². The van der Waals surface area contributed by atoms with Gasteiger partial charge in [0.25, 0.3) is 0 Å². The van der Waals surface area contributed by atoms with Gasteiger partial charge in [0, 0.05) is 37.0 Å². The van der Waals surface area contributed by atoms with E-state index in [0.717, 1.165) is 73.6 Å². The second-order valence-electron chi connectivity index (χ2n) is 10.5. The Kier molecular flexibility index (Phi) is 6.66. The van der Waals surface area contributed by atoms with Crippen molar-refractivity contribution < 1.29 is 13.5 Å².